The van der Waals surface area contributed by atoms with Crippen LogP contribution in [-0.2, 0) is 4.79 Å². The van der Waals surface area contributed by atoms with Gasteiger partial charge in [-0.3, -0.25) is 4.79 Å². The number of aromatic nitrogens is 2. The van der Waals surface area contributed by atoms with Crippen molar-refractivity contribution in [1.29, 1.82) is 0 Å². The SMILES string of the molecule is Cc1ccn2cc(C(=O)NCCN3CCC(N)CC3)nc2c1.O=C(O)C(F)(F)F. The number of piperidine rings is 1. The van der Waals surface area contributed by atoms with Crippen LogP contribution in [0.3, 0.4) is 0 Å². The van der Waals surface area contributed by atoms with Gasteiger partial charge in [0.2, 0.25) is 0 Å². The highest BCUT2D eigenvalue weighted by Crippen LogP contribution is 2.13. The van der Waals surface area contributed by atoms with Gasteiger partial charge in [0.15, 0.2) is 0 Å². The van der Waals surface area contributed by atoms with Crippen molar-refractivity contribution in [2.75, 3.05) is 26.2 Å². The lowest BCUT2D eigenvalue weighted by Gasteiger charge is -2.29. The molecule has 4 N–H and O–H groups in total. The molecule has 0 radical (unpaired) electrons. The summed E-state index contributed by atoms with van der Waals surface area (Å²) in [7, 11) is 0. The first-order chi connectivity index (χ1) is 13.6. The summed E-state index contributed by atoms with van der Waals surface area (Å²) in [6.07, 6.45) is 0.689. The Morgan fingerprint density at radius 2 is 1.97 bits per heavy atom. The number of aliphatic carboxylic acids is 1. The Labute approximate surface area is 165 Å². The van der Waals surface area contributed by atoms with Crippen LogP contribution in [0.25, 0.3) is 5.65 Å². The van der Waals surface area contributed by atoms with E-state index in [1.165, 1.54) is 0 Å². The highest BCUT2D eigenvalue weighted by molar-refractivity contribution is 5.92. The Hall–Kier alpha value is -2.66. The fraction of sp³-hybridized carbons (Fsp3) is 0.500. The van der Waals surface area contributed by atoms with Crippen LogP contribution in [0.15, 0.2) is 24.5 Å². The molecule has 0 unspecified atom stereocenters. The molecule has 2 aromatic heterocycles. The Morgan fingerprint density at radius 1 is 1.34 bits per heavy atom. The highest BCUT2D eigenvalue weighted by Gasteiger charge is 2.38. The number of fused-ring (bicyclic) bond motifs is 1. The molecule has 1 fully saturated rings. The quantitative estimate of drug-likeness (QED) is 0.696. The Morgan fingerprint density at radius 3 is 2.55 bits per heavy atom. The van der Waals surface area contributed by atoms with Crippen LogP contribution in [-0.4, -0.2) is 69.7 Å². The summed E-state index contributed by atoms with van der Waals surface area (Å²) in [6.45, 7) is 5.56. The maximum atomic E-state index is 12.2. The predicted molar refractivity (Wildman–Crippen MR) is 99.6 cm³/mol. The Bertz CT molecular complexity index is 845. The van der Waals surface area contributed by atoms with Crippen LogP contribution in [0.4, 0.5) is 13.2 Å². The Kier molecular flexibility index (Phi) is 7.57. The van der Waals surface area contributed by atoms with Crippen molar-refractivity contribution in [2.45, 2.75) is 32.0 Å². The van der Waals surface area contributed by atoms with Gasteiger partial charge < -0.3 is 25.5 Å². The molecule has 1 amide bonds. The summed E-state index contributed by atoms with van der Waals surface area (Å²) in [5, 5.41) is 10.1. The lowest BCUT2D eigenvalue weighted by molar-refractivity contribution is -0.192. The smallest absolute Gasteiger partial charge is 0.475 e. The fourth-order valence-corrected chi connectivity index (χ4v) is 2.79. The second kappa shape index (κ2) is 9.70. The predicted octanol–water partition coefficient (Wildman–Crippen LogP) is 1.43. The monoisotopic (exact) mass is 415 g/mol. The molecule has 11 heteroatoms. The summed E-state index contributed by atoms with van der Waals surface area (Å²) in [6, 6.07) is 4.30. The number of carbonyl (C=O) groups excluding carboxylic acids is 1. The Balaban J connectivity index is 0.000000370. The molecular weight excluding hydrogens is 391 g/mol. The molecule has 8 nitrogen and oxygen atoms in total. The van der Waals surface area contributed by atoms with Gasteiger partial charge in [-0.1, -0.05) is 0 Å². The number of halogens is 3. The zero-order chi connectivity index (χ0) is 21.6. The standard InChI is InChI=1S/C16H23N5O.C2HF3O2/c1-12-2-8-21-11-14(19-15(21)10-12)16(22)18-5-9-20-6-3-13(17)4-7-20;3-2(4,5)1(6)7/h2,8,10-11,13H,3-7,9,17H2,1H3,(H,18,22);(H,6,7). The van der Waals surface area contributed by atoms with E-state index in [0.29, 0.717) is 18.3 Å². The topological polar surface area (TPSA) is 113 Å². The molecule has 0 atom stereocenters. The van der Waals surface area contributed by atoms with Gasteiger partial charge in [-0.05, 0) is 50.6 Å². The van der Waals surface area contributed by atoms with Gasteiger partial charge >= 0.3 is 12.1 Å². The molecule has 0 bridgehead atoms. The average Bonchev–Trinajstić information content (AvgIpc) is 3.06. The highest BCUT2D eigenvalue weighted by atomic mass is 19.4. The van der Waals surface area contributed by atoms with E-state index in [9.17, 15) is 18.0 Å². The van der Waals surface area contributed by atoms with Gasteiger partial charge in [-0.25, -0.2) is 9.78 Å². The van der Waals surface area contributed by atoms with Crippen molar-refractivity contribution in [2.24, 2.45) is 5.73 Å². The number of nitrogens with two attached hydrogens (primary N) is 1. The molecule has 1 aliphatic heterocycles. The number of aryl methyl sites for hydroxylation is 1. The molecule has 0 aliphatic carbocycles. The zero-order valence-corrected chi connectivity index (χ0v) is 15.9. The number of pyridine rings is 1. The number of rotatable bonds is 4. The molecule has 1 aliphatic rings. The molecule has 29 heavy (non-hydrogen) atoms. The molecule has 0 saturated carbocycles. The van der Waals surface area contributed by atoms with E-state index in [4.69, 9.17) is 15.6 Å². The van der Waals surface area contributed by atoms with Gasteiger partial charge in [0.1, 0.15) is 11.3 Å². The number of carbonyl (C=O) groups is 2. The maximum absolute atomic E-state index is 12.2. The van der Waals surface area contributed by atoms with Crippen LogP contribution in [0.5, 0.6) is 0 Å². The van der Waals surface area contributed by atoms with E-state index in [1.54, 1.807) is 6.20 Å². The summed E-state index contributed by atoms with van der Waals surface area (Å²) >= 11 is 0. The number of alkyl halides is 3. The lowest BCUT2D eigenvalue weighted by atomic mass is 10.1. The number of nitrogens with zero attached hydrogens (tertiary/aromatic N) is 3. The van der Waals surface area contributed by atoms with Crippen molar-refractivity contribution < 1.29 is 27.9 Å². The summed E-state index contributed by atoms with van der Waals surface area (Å²) in [5.41, 5.74) is 8.29. The largest absolute Gasteiger partial charge is 0.490 e. The number of hydrogen-bond acceptors (Lipinski definition) is 5. The number of nitrogens with one attached hydrogen (secondary N) is 1. The van der Waals surface area contributed by atoms with Crippen LogP contribution in [0.1, 0.15) is 28.9 Å². The number of carboxylic acid groups (broad SMARTS) is 1. The summed E-state index contributed by atoms with van der Waals surface area (Å²) < 4.78 is 33.6. The number of carboxylic acids is 1. The van der Waals surface area contributed by atoms with E-state index in [0.717, 1.165) is 43.7 Å². The zero-order valence-electron chi connectivity index (χ0n) is 15.9. The molecular formula is C18H24F3N5O3. The number of amides is 1. The van der Waals surface area contributed by atoms with E-state index in [2.05, 4.69) is 15.2 Å². The van der Waals surface area contributed by atoms with Crippen molar-refractivity contribution >= 4 is 17.5 Å². The minimum absolute atomic E-state index is 0.116. The van der Waals surface area contributed by atoms with Crippen molar-refractivity contribution in [3.63, 3.8) is 0 Å². The van der Waals surface area contributed by atoms with E-state index >= 15 is 0 Å². The minimum Gasteiger partial charge on any atom is -0.475 e. The molecule has 1 saturated heterocycles. The van der Waals surface area contributed by atoms with Crippen LogP contribution in [0.2, 0.25) is 0 Å². The minimum atomic E-state index is -5.08. The third kappa shape index (κ3) is 7.02. The first-order valence-corrected chi connectivity index (χ1v) is 9.08. The third-order valence-electron chi connectivity index (χ3n) is 4.44. The van der Waals surface area contributed by atoms with Crippen molar-refractivity contribution in [3.05, 3.63) is 35.8 Å². The van der Waals surface area contributed by atoms with Crippen LogP contribution >= 0.6 is 0 Å². The summed E-state index contributed by atoms with van der Waals surface area (Å²) in [5.74, 6) is -2.87. The van der Waals surface area contributed by atoms with E-state index < -0.39 is 12.1 Å². The lowest BCUT2D eigenvalue weighted by Crippen LogP contribution is -2.43. The van der Waals surface area contributed by atoms with Gasteiger partial charge in [-0.15, -0.1) is 0 Å². The molecule has 3 rings (SSSR count). The molecule has 2 aromatic rings. The molecule has 0 spiro atoms. The summed E-state index contributed by atoms with van der Waals surface area (Å²) in [4.78, 5) is 27.8. The van der Waals surface area contributed by atoms with E-state index in [1.807, 2.05) is 29.7 Å². The average molecular weight is 415 g/mol. The van der Waals surface area contributed by atoms with Gasteiger partial charge in [0.05, 0.1) is 0 Å². The molecule has 160 valence electrons. The van der Waals surface area contributed by atoms with Crippen LogP contribution < -0.4 is 11.1 Å². The maximum Gasteiger partial charge on any atom is 0.490 e. The number of imidazole rings is 1. The second-order valence-corrected chi connectivity index (χ2v) is 6.83. The van der Waals surface area contributed by atoms with E-state index in [-0.39, 0.29) is 5.91 Å². The van der Waals surface area contributed by atoms with Crippen molar-refractivity contribution in [3.8, 4) is 0 Å². The first kappa shape index (κ1) is 22.6. The first-order valence-electron chi connectivity index (χ1n) is 9.08. The molecule has 3 heterocycles. The second-order valence-electron chi connectivity index (χ2n) is 6.83. The van der Waals surface area contributed by atoms with Crippen LogP contribution in [0, 0.1) is 6.92 Å². The normalized spacial score (nSPS) is 15.6. The van der Waals surface area contributed by atoms with Crippen molar-refractivity contribution in [1.82, 2.24) is 19.6 Å². The van der Waals surface area contributed by atoms with Gasteiger partial charge in [0.25, 0.3) is 5.91 Å². The number of hydrogen-bond donors (Lipinski definition) is 3. The molecule has 0 aromatic carbocycles. The number of likely N-dealkylation sites (tertiary alicyclic amines) is 1. The van der Waals surface area contributed by atoms with Gasteiger partial charge in [0, 0.05) is 31.5 Å². The fourth-order valence-electron chi connectivity index (χ4n) is 2.79. The van der Waals surface area contributed by atoms with Gasteiger partial charge in [-0.2, -0.15) is 13.2 Å². The third-order valence-corrected chi connectivity index (χ3v) is 4.44.